The SMILES string of the molecule is CN(C)c1ccc(-c2ccc(-c3ccccc3N(C)C)cc2)cc1.CN(C)c1ccc(-c2cccc(-c3ccc(N(C)C)cc3)c2)cc1.CN(C)c1ccc(-c2ccccc2-c2ccc(N(C)C)cc2)cc1.CN(C)c1cccc(-c2ccc(-c3cccc(N(C)C)c3)cc2)c1.CN(C)c1ccccc1-c1ccc(-c2ccccc2N(C)C)cc1.CN(C)c1ccccc1-c1cccc(-c2ccccc2N(C)C)c1. The van der Waals surface area contributed by atoms with Crippen LogP contribution in [0.2, 0.25) is 0 Å². The lowest BCUT2D eigenvalue weighted by atomic mass is 9.94. The average molecular weight is 1900 g/mol. The Labute approximate surface area is 860 Å². The molecule has 18 rings (SSSR count). The molecule has 0 bridgehead atoms. The molecule has 0 spiro atoms. The van der Waals surface area contributed by atoms with Gasteiger partial charge in [-0.1, -0.05) is 309 Å². The number of hydrogen-bond acceptors (Lipinski definition) is 12. The Morgan fingerprint density at radius 1 is 0.0903 bits per heavy atom. The molecule has 0 aliphatic carbocycles. The first-order valence-corrected chi connectivity index (χ1v) is 49.2. The molecule has 144 heavy (non-hydrogen) atoms. The molecule has 18 aromatic carbocycles. The summed E-state index contributed by atoms with van der Waals surface area (Å²) in [4.78, 5) is 25.6. The van der Waals surface area contributed by atoms with Crippen LogP contribution >= 0.6 is 0 Å². The van der Waals surface area contributed by atoms with E-state index in [9.17, 15) is 0 Å². The number of rotatable bonds is 24. The second-order valence-corrected chi connectivity index (χ2v) is 38.6. The van der Waals surface area contributed by atoms with Crippen LogP contribution in [0.4, 0.5) is 68.2 Å². The molecule has 0 amide bonds. The van der Waals surface area contributed by atoms with Crippen molar-refractivity contribution in [2.45, 2.75) is 0 Å². The summed E-state index contributed by atoms with van der Waals surface area (Å²) >= 11 is 0. The Morgan fingerprint density at radius 2 is 0.236 bits per heavy atom. The third kappa shape index (κ3) is 27.6. The molecule has 0 saturated carbocycles. The molecule has 0 unspecified atom stereocenters. The van der Waals surface area contributed by atoms with E-state index in [1.807, 2.05) is 0 Å². The molecule has 0 aliphatic rings. The number of hydrogen-bond donors (Lipinski definition) is 0. The van der Waals surface area contributed by atoms with Crippen molar-refractivity contribution in [3.8, 4) is 134 Å². The summed E-state index contributed by atoms with van der Waals surface area (Å²) in [5, 5.41) is 0. The Hall–Kier alpha value is -16.4. The van der Waals surface area contributed by atoms with Gasteiger partial charge in [0.25, 0.3) is 0 Å². The van der Waals surface area contributed by atoms with Crippen molar-refractivity contribution in [2.75, 3.05) is 228 Å². The van der Waals surface area contributed by atoms with Gasteiger partial charge in [-0.3, -0.25) is 0 Å². The van der Waals surface area contributed by atoms with Crippen molar-refractivity contribution in [1.82, 2.24) is 0 Å². The first-order chi connectivity index (χ1) is 69.4. The summed E-state index contributed by atoms with van der Waals surface area (Å²) < 4.78 is 0. The number of para-hydroxylation sites is 5. The van der Waals surface area contributed by atoms with Crippen LogP contribution in [0.1, 0.15) is 0 Å². The Balaban J connectivity index is 0.000000145. The number of anilines is 12. The van der Waals surface area contributed by atoms with Gasteiger partial charge in [0, 0.05) is 265 Å². The fraction of sp³-hybridized carbons (Fsp3) is 0.182. The third-order valence-electron chi connectivity index (χ3n) is 25.7. The van der Waals surface area contributed by atoms with Crippen LogP contribution in [0, 0.1) is 0 Å². The minimum atomic E-state index is 1.21. The van der Waals surface area contributed by atoms with E-state index in [1.165, 1.54) is 202 Å². The Bertz CT molecular complexity index is 6730. The zero-order valence-corrected chi connectivity index (χ0v) is 88.9. The molecule has 0 radical (unpaired) electrons. The molecule has 0 aromatic heterocycles. The predicted octanol–water partition coefficient (Wildman–Crippen LogP) is 30.9. The first-order valence-electron chi connectivity index (χ1n) is 49.2. The van der Waals surface area contributed by atoms with Crippen molar-refractivity contribution >= 4 is 68.2 Å². The minimum Gasteiger partial charge on any atom is -0.378 e. The lowest BCUT2D eigenvalue weighted by Gasteiger charge is -2.19. The molecular weight excluding hydrogens is 1750 g/mol. The molecule has 12 heteroatoms. The van der Waals surface area contributed by atoms with Crippen LogP contribution < -0.4 is 58.8 Å². The molecular formula is C132H144N12. The maximum atomic E-state index is 2.28. The molecule has 0 N–H and O–H groups in total. The van der Waals surface area contributed by atoms with E-state index in [4.69, 9.17) is 0 Å². The molecule has 0 saturated heterocycles. The fourth-order valence-corrected chi connectivity index (χ4v) is 17.4. The van der Waals surface area contributed by atoms with E-state index < -0.39 is 0 Å². The van der Waals surface area contributed by atoms with Gasteiger partial charge in [0.15, 0.2) is 0 Å². The number of benzene rings is 18. The first kappa shape index (κ1) is 105. The summed E-state index contributed by atoms with van der Waals surface area (Å²) in [5.41, 5.74) is 44.6. The molecule has 0 atom stereocenters. The largest absolute Gasteiger partial charge is 0.378 e. The lowest BCUT2D eigenvalue weighted by Crippen LogP contribution is -2.10. The summed E-state index contributed by atoms with van der Waals surface area (Å²) in [5.74, 6) is 0. The molecule has 12 nitrogen and oxygen atoms in total. The zero-order chi connectivity index (χ0) is 103. The van der Waals surface area contributed by atoms with Crippen LogP contribution in [0.15, 0.2) is 437 Å². The molecule has 0 fully saturated rings. The summed E-state index contributed by atoms with van der Waals surface area (Å²) in [6, 6.07) is 156. The summed E-state index contributed by atoms with van der Waals surface area (Å²) in [7, 11) is 49.8. The standard InChI is InChI=1S/6C22H24N2/c1-23(2)21-14-7-5-12-19(21)17-10-9-11-18(16-17)20-13-6-8-15-22(20)24(3)4;1-23(2)21-9-5-7-19(15-21)17-11-13-18(14-12-17)20-8-6-10-22(16-20)24(3)4;1-23(2)21-11-7-5-9-19(21)17-13-15-18(16-14-17)20-10-6-8-12-22(20)24(3)4;1-23(2)21-12-8-17(9-13-21)19-6-5-7-20(16-19)18-10-14-22(15-11-18)24(3)4;1-23(2)19-13-9-17(10-14-19)21-7-5-6-8-22(21)18-11-15-20(16-12-18)24(3)4;1-23(2)20-15-13-18(14-16-20)17-9-11-19(12-10-17)21-7-5-6-8-22(21)24(3)4/h6*5-16H,1-4H3. The second-order valence-electron chi connectivity index (χ2n) is 38.6. The smallest absolute Gasteiger partial charge is 0.0440 e. The fourth-order valence-electron chi connectivity index (χ4n) is 17.4. The van der Waals surface area contributed by atoms with Crippen molar-refractivity contribution in [1.29, 1.82) is 0 Å². The van der Waals surface area contributed by atoms with Crippen LogP contribution in [0.25, 0.3) is 134 Å². The zero-order valence-electron chi connectivity index (χ0n) is 88.9. The normalized spacial score (nSPS) is 10.5. The van der Waals surface area contributed by atoms with Crippen molar-refractivity contribution in [3.05, 3.63) is 437 Å². The van der Waals surface area contributed by atoms with Gasteiger partial charge < -0.3 is 58.8 Å². The van der Waals surface area contributed by atoms with E-state index in [0.717, 1.165) is 0 Å². The van der Waals surface area contributed by atoms with E-state index in [-0.39, 0.29) is 0 Å². The summed E-state index contributed by atoms with van der Waals surface area (Å²) in [6.07, 6.45) is 0. The van der Waals surface area contributed by atoms with Gasteiger partial charge >= 0.3 is 0 Å². The Kier molecular flexibility index (Phi) is 36.5. The topological polar surface area (TPSA) is 38.9 Å². The summed E-state index contributed by atoms with van der Waals surface area (Å²) in [6.45, 7) is 0. The second kappa shape index (κ2) is 50.1. The van der Waals surface area contributed by atoms with Gasteiger partial charge in [0.2, 0.25) is 0 Å². The predicted molar refractivity (Wildman–Crippen MR) is 636 cm³/mol. The highest BCUT2D eigenvalue weighted by atomic mass is 15.1. The van der Waals surface area contributed by atoms with Crippen LogP contribution in [0.5, 0.6) is 0 Å². The average Bonchev–Trinajstić information content (AvgIpc) is 0.843. The van der Waals surface area contributed by atoms with Crippen molar-refractivity contribution < 1.29 is 0 Å². The van der Waals surface area contributed by atoms with Crippen molar-refractivity contribution in [3.63, 3.8) is 0 Å². The maximum absolute atomic E-state index is 2.28. The van der Waals surface area contributed by atoms with E-state index in [1.54, 1.807) is 0 Å². The van der Waals surface area contributed by atoms with E-state index in [2.05, 4.69) is 665 Å². The van der Waals surface area contributed by atoms with Crippen molar-refractivity contribution in [2.24, 2.45) is 0 Å². The highest BCUT2D eigenvalue weighted by molar-refractivity contribution is 5.89. The minimum absolute atomic E-state index is 1.21. The Morgan fingerprint density at radius 3 is 0.451 bits per heavy atom. The maximum Gasteiger partial charge on any atom is 0.0440 e. The quantitative estimate of drug-likeness (QED) is 0.0579. The van der Waals surface area contributed by atoms with Crippen LogP contribution in [0.3, 0.4) is 0 Å². The van der Waals surface area contributed by atoms with Crippen LogP contribution in [-0.2, 0) is 0 Å². The van der Waals surface area contributed by atoms with Gasteiger partial charge in [0.05, 0.1) is 0 Å². The van der Waals surface area contributed by atoms with E-state index in [0.29, 0.717) is 0 Å². The highest BCUT2D eigenvalue weighted by Crippen LogP contribution is 2.41. The molecule has 0 aliphatic heterocycles. The van der Waals surface area contributed by atoms with E-state index >= 15 is 0 Å². The van der Waals surface area contributed by atoms with Gasteiger partial charge in [-0.2, -0.15) is 0 Å². The third-order valence-corrected chi connectivity index (χ3v) is 25.7. The van der Waals surface area contributed by atoms with Gasteiger partial charge in [-0.15, -0.1) is 0 Å². The van der Waals surface area contributed by atoms with Gasteiger partial charge in [-0.05, 0) is 233 Å². The highest BCUT2D eigenvalue weighted by Gasteiger charge is 2.17. The van der Waals surface area contributed by atoms with Crippen LogP contribution in [-0.4, -0.2) is 169 Å². The van der Waals surface area contributed by atoms with Gasteiger partial charge in [0.1, 0.15) is 0 Å². The van der Waals surface area contributed by atoms with Gasteiger partial charge in [-0.25, -0.2) is 0 Å². The number of nitrogens with zero attached hydrogens (tertiary/aromatic N) is 12. The molecule has 0 heterocycles. The molecule has 18 aromatic rings. The monoisotopic (exact) mass is 1900 g/mol. The molecule has 732 valence electrons. The lowest BCUT2D eigenvalue weighted by molar-refractivity contribution is 1.13.